The topological polar surface area (TPSA) is 77.0 Å². The highest BCUT2D eigenvalue weighted by Gasteiger charge is 2.30. The van der Waals surface area contributed by atoms with Crippen molar-refractivity contribution < 1.29 is 22.1 Å². The van der Waals surface area contributed by atoms with E-state index < -0.39 is 11.7 Å². The first-order valence-corrected chi connectivity index (χ1v) is 9.11. The standard InChI is InChI=1S/C19H12BrF3N4O2/c1-10-15(16(27-29-10)11-2-4-12(5-3-11)19(21,22)23)17-25-26-18(28-17)24-14-8-6-13(20)7-9-14/h2-9H,1H3,(H,24,26). The Hall–Kier alpha value is -3.14. The van der Waals surface area contributed by atoms with Gasteiger partial charge in [-0.1, -0.05) is 38.3 Å². The van der Waals surface area contributed by atoms with Crippen LogP contribution in [0.2, 0.25) is 0 Å². The third-order valence-electron chi connectivity index (χ3n) is 4.08. The smallest absolute Gasteiger partial charge is 0.403 e. The van der Waals surface area contributed by atoms with Crippen LogP contribution in [0.4, 0.5) is 24.9 Å². The molecule has 0 aliphatic rings. The molecular weight excluding hydrogens is 453 g/mol. The van der Waals surface area contributed by atoms with Crippen LogP contribution in [0.25, 0.3) is 22.7 Å². The van der Waals surface area contributed by atoms with Crippen LogP contribution in [0.3, 0.4) is 0 Å². The lowest BCUT2D eigenvalue weighted by Crippen LogP contribution is -2.04. The van der Waals surface area contributed by atoms with Crippen LogP contribution in [0.15, 0.2) is 61.9 Å². The number of hydrogen-bond acceptors (Lipinski definition) is 6. The Morgan fingerprint density at radius 1 is 0.966 bits per heavy atom. The summed E-state index contributed by atoms with van der Waals surface area (Å²) in [6.07, 6.45) is -4.42. The van der Waals surface area contributed by atoms with Crippen LogP contribution in [0.5, 0.6) is 0 Å². The van der Waals surface area contributed by atoms with Crippen molar-refractivity contribution in [3.8, 4) is 22.7 Å². The minimum atomic E-state index is -4.42. The van der Waals surface area contributed by atoms with Gasteiger partial charge in [-0.15, -0.1) is 5.10 Å². The van der Waals surface area contributed by atoms with Gasteiger partial charge < -0.3 is 14.3 Å². The number of halogens is 4. The molecule has 1 N–H and O–H groups in total. The molecule has 0 atom stereocenters. The molecule has 10 heteroatoms. The fourth-order valence-corrected chi connectivity index (χ4v) is 2.93. The maximum atomic E-state index is 12.8. The van der Waals surface area contributed by atoms with Gasteiger partial charge in [0, 0.05) is 15.7 Å². The second-order valence-corrected chi connectivity index (χ2v) is 7.00. The molecular formula is C19H12BrF3N4O2. The zero-order valence-corrected chi connectivity index (χ0v) is 16.4. The first-order valence-electron chi connectivity index (χ1n) is 8.31. The summed E-state index contributed by atoms with van der Waals surface area (Å²) < 4.78 is 50.2. The van der Waals surface area contributed by atoms with E-state index in [0.717, 1.165) is 22.3 Å². The summed E-state index contributed by atoms with van der Waals surface area (Å²) in [5.41, 5.74) is 1.16. The SMILES string of the molecule is Cc1onc(-c2ccc(C(F)(F)F)cc2)c1-c1nnc(Nc2ccc(Br)cc2)o1. The summed E-state index contributed by atoms with van der Waals surface area (Å²) in [4.78, 5) is 0. The first kappa shape index (κ1) is 19.2. The van der Waals surface area contributed by atoms with E-state index in [9.17, 15) is 13.2 Å². The van der Waals surface area contributed by atoms with Gasteiger partial charge >= 0.3 is 12.2 Å². The maximum Gasteiger partial charge on any atom is 0.416 e. The first-order chi connectivity index (χ1) is 13.8. The third-order valence-corrected chi connectivity index (χ3v) is 4.61. The van der Waals surface area contributed by atoms with E-state index in [1.807, 2.05) is 24.3 Å². The molecule has 29 heavy (non-hydrogen) atoms. The summed E-state index contributed by atoms with van der Waals surface area (Å²) in [7, 11) is 0. The normalized spacial score (nSPS) is 11.6. The maximum absolute atomic E-state index is 12.8. The van der Waals surface area contributed by atoms with Crippen molar-refractivity contribution >= 4 is 27.6 Å². The highest BCUT2D eigenvalue weighted by atomic mass is 79.9. The molecule has 0 unspecified atom stereocenters. The molecule has 0 aliphatic heterocycles. The number of nitrogens with zero attached hydrogens (tertiary/aromatic N) is 3. The van der Waals surface area contributed by atoms with Gasteiger partial charge in [-0.25, -0.2) is 0 Å². The van der Waals surface area contributed by atoms with Gasteiger partial charge in [-0.2, -0.15) is 13.2 Å². The van der Waals surface area contributed by atoms with Gasteiger partial charge in [0.2, 0.25) is 0 Å². The quantitative estimate of drug-likeness (QED) is 0.386. The molecule has 148 valence electrons. The third kappa shape index (κ3) is 4.02. The van der Waals surface area contributed by atoms with Gasteiger partial charge in [0.25, 0.3) is 5.89 Å². The van der Waals surface area contributed by atoms with Crippen molar-refractivity contribution in [2.24, 2.45) is 0 Å². The fourth-order valence-electron chi connectivity index (χ4n) is 2.67. The van der Waals surface area contributed by atoms with Crippen molar-refractivity contribution in [2.45, 2.75) is 13.1 Å². The highest BCUT2D eigenvalue weighted by molar-refractivity contribution is 9.10. The number of aromatic nitrogens is 3. The van der Waals surface area contributed by atoms with Gasteiger partial charge in [0.1, 0.15) is 17.0 Å². The minimum Gasteiger partial charge on any atom is -0.403 e. The Balaban J connectivity index is 1.64. The number of nitrogens with one attached hydrogen (secondary N) is 1. The Morgan fingerprint density at radius 3 is 2.31 bits per heavy atom. The summed E-state index contributed by atoms with van der Waals surface area (Å²) in [5, 5.41) is 14.9. The molecule has 0 fully saturated rings. The predicted octanol–water partition coefficient (Wildman–Crippen LogP) is 6.22. The van der Waals surface area contributed by atoms with Gasteiger partial charge in [0.15, 0.2) is 0 Å². The fraction of sp³-hybridized carbons (Fsp3) is 0.105. The van der Waals surface area contributed by atoms with E-state index in [0.29, 0.717) is 22.6 Å². The summed E-state index contributed by atoms with van der Waals surface area (Å²) >= 11 is 3.36. The second kappa shape index (κ2) is 7.36. The molecule has 4 aromatic rings. The second-order valence-electron chi connectivity index (χ2n) is 6.08. The van der Waals surface area contributed by atoms with Crippen molar-refractivity contribution in [1.82, 2.24) is 15.4 Å². The predicted molar refractivity (Wildman–Crippen MR) is 102 cm³/mol. The van der Waals surface area contributed by atoms with E-state index in [1.54, 1.807) is 6.92 Å². The number of anilines is 2. The number of hydrogen-bond donors (Lipinski definition) is 1. The van der Waals surface area contributed by atoms with E-state index in [4.69, 9.17) is 8.94 Å². The average molecular weight is 465 g/mol. The van der Waals surface area contributed by atoms with Crippen molar-refractivity contribution in [3.63, 3.8) is 0 Å². The largest absolute Gasteiger partial charge is 0.416 e. The summed E-state index contributed by atoms with van der Waals surface area (Å²) in [5.74, 6) is 0.539. The molecule has 0 aliphatic carbocycles. The lowest BCUT2D eigenvalue weighted by Gasteiger charge is -2.06. The van der Waals surface area contributed by atoms with Crippen molar-refractivity contribution in [3.05, 3.63) is 64.3 Å². The Kier molecular flexibility index (Phi) is 4.87. The van der Waals surface area contributed by atoms with E-state index >= 15 is 0 Å². The zero-order valence-electron chi connectivity index (χ0n) is 14.8. The van der Waals surface area contributed by atoms with Crippen LogP contribution in [0.1, 0.15) is 11.3 Å². The molecule has 0 radical (unpaired) electrons. The van der Waals surface area contributed by atoms with E-state index in [1.165, 1.54) is 12.1 Å². The van der Waals surface area contributed by atoms with Gasteiger partial charge in [-0.05, 0) is 43.3 Å². The zero-order chi connectivity index (χ0) is 20.6. The Morgan fingerprint density at radius 2 is 1.66 bits per heavy atom. The minimum absolute atomic E-state index is 0.137. The number of rotatable bonds is 4. The van der Waals surface area contributed by atoms with E-state index in [2.05, 4.69) is 36.6 Å². The molecule has 2 heterocycles. The molecule has 0 saturated heterocycles. The molecule has 0 bridgehead atoms. The van der Waals surface area contributed by atoms with Crippen LogP contribution >= 0.6 is 15.9 Å². The molecule has 0 spiro atoms. The van der Waals surface area contributed by atoms with Gasteiger partial charge in [0.05, 0.1) is 5.56 Å². The Bertz CT molecular complexity index is 1140. The molecule has 2 aromatic carbocycles. The molecule has 4 rings (SSSR count). The number of benzene rings is 2. The molecule has 0 amide bonds. The monoisotopic (exact) mass is 464 g/mol. The van der Waals surface area contributed by atoms with Crippen molar-refractivity contribution in [2.75, 3.05) is 5.32 Å². The van der Waals surface area contributed by atoms with Crippen molar-refractivity contribution in [1.29, 1.82) is 0 Å². The van der Waals surface area contributed by atoms with Crippen LogP contribution < -0.4 is 5.32 Å². The lowest BCUT2D eigenvalue weighted by atomic mass is 10.0. The average Bonchev–Trinajstić information content (AvgIpc) is 3.29. The lowest BCUT2D eigenvalue weighted by molar-refractivity contribution is -0.137. The molecule has 2 aromatic heterocycles. The van der Waals surface area contributed by atoms with Crippen LogP contribution in [-0.4, -0.2) is 15.4 Å². The summed E-state index contributed by atoms with van der Waals surface area (Å²) in [6.45, 7) is 1.65. The molecule has 6 nitrogen and oxygen atoms in total. The van der Waals surface area contributed by atoms with Crippen LogP contribution in [0, 0.1) is 6.92 Å². The highest BCUT2D eigenvalue weighted by Crippen LogP contribution is 2.36. The summed E-state index contributed by atoms with van der Waals surface area (Å²) in [6, 6.07) is 12.1. The van der Waals surface area contributed by atoms with E-state index in [-0.39, 0.29) is 11.9 Å². The van der Waals surface area contributed by atoms with Crippen LogP contribution in [-0.2, 0) is 6.18 Å². The van der Waals surface area contributed by atoms with Gasteiger partial charge in [-0.3, -0.25) is 0 Å². The number of alkyl halides is 3. The molecule has 0 saturated carbocycles. The number of aryl methyl sites for hydroxylation is 1. The Labute approximate surface area is 170 Å².